The van der Waals surface area contributed by atoms with Crippen LogP contribution in [-0.4, -0.2) is 45.3 Å². The highest BCUT2D eigenvalue weighted by atomic mass is 16.3. The number of phenols is 1. The number of nitrogens with one attached hydrogen (secondary N) is 3. The van der Waals surface area contributed by atoms with E-state index in [1.54, 1.807) is 30.3 Å². The Morgan fingerprint density at radius 1 is 1.32 bits per heavy atom. The lowest BCUT2D eigenvalue weighted by molar-refractivity contribution is 0.0925. The van der Waals surface area contributed by atoms with Gasteiger partial charge in [-0.25, -0.2) is 4.98 Å². The summed E-state index contributed by atoms with van der Waals surface area (Å²) in [5.41, 5.74) is 3.49. The minimum absolute atomic E-state index is 0.116. The number of carbonyl (C=O) groups is 1. The zero-order valence-electron chi connectivity index (χ0n) is 13.8. The van der Waals surface area contributed by atoms with Gasteiger partial charge < -0.3 is 15.7 Å². The molecule has 128 valence electrons. The number of nitrogens with zero attached hydrogens (tertiary/aromatic N) is 2. The molecule has 1 aliphatic rings. The van der Waals surface area contributed by atoms with Crippen molar-refractivity contribution in [1.29, 1.82) is 0 Å². The summed E-state index contributed by atoms with van der Waals surface area (Å²) in [4.78, 5) is 17.4. The van der Waals surface area contributed by atoms with Gasteiger partial charge in [0.15, 0.2) is 5.65 Å². The van der Waals surface area contributed by atoms with Gasteiger partial charge in [0.05, 0.1) is 28.4 Å². The Morgan fingerprint density at radius 2 is 2.08 bits per heavy atom. The molecule has 0 unspecified atom stereocenters. The van der Waals surface area contributed by atoms with Crippen molar-refractivity contribution < 1.29 is 9.90 Å². The number of H-pyrrole nitrogens is 1. The molecule has 0 atom stereocenters. The summed E-state index contributed by atoms with van der Waals surface area (Å²) in [7, 11) is 0. The minimum Gasteiger partial charge on any atom is -0.508 e. The number of pyridine rings is 1. The zero-order chi connectivity index (χ0) is 17.4. The third-order valence-electron chi connectivity index (χ3n) is 4.46. The molecule has 4 N–H and O–H groups in total. The van der Waals surface area contributed by atoms with Crippen molar-refractivity contribution in [2.45, 2.75) is 19.4 Å². The number of rotatable bonds is 4. The van der Waals surface area contributed by atoms with Crippen molar-refractivity contribution >= 4 is 16.9 Å². The van der Waals surface area contributed by atoms with E-state index >= 15 is 0 Å². The average Bonchev–Trinajstić information content (AvgIpc) is 3.01. The SMILES string of the molecule is CCc1n[nH]c2nc(-c3ccc(O)cc3)cc(C(=O)NC3CNC3)c12. The molecular weight excluding hydrogens is 318 g/mol. The molecule has 7 heteroatoms. The number of aromatic amines is 1. The van der Waals surface area contributed by atoms with Gasteiger partial charge in [-0.3, -0.25) is 9.89 Å². The molecule has 1 aliphatic heterocycles. The molecule has 3 heterocycles. The first-order chi connectivity index (χ1) is 12.2. The maximum Gasteiger partial charge on any atom is 0.252 e. The molecule has 0 radical (unpaired) electrons. The van der Waals surface area contributed by atoms with E-state index in [1.165, 1.54) is 0 Å². The lowest BCUT2D eigenvalue weighted by Gasteiger charge is -2.28. The summed E-state index contributed by atoms with van der Waals surface area (Å²) >= 11 is 0. The lowest BCUT2D eigenvalue weighted by Crippen LogP contribution is -2.56. The van der Waals surface area contributed by atoms with E-state index in [1.807, 2.05) is 6.92 Å². The van der Waals surface area contributed by atoms with E-state index in [0.29, 0.717) is 23.3 Å². The van der Waals surface area contributed by atoms with Crippen molar-refractivity contribution in [3.05, 3.63) is 41.6 Å². The fourth-order valence-corrected chi connectivity index (χ4v) is 2.96. The van der Waals surface area contributed by atoms with Crippen LogP contribution in [-0.2, 0) is 6.42 Å². The number of aryl methyl sites for hydroxylation is 1. The quantitative estimate of drug-likeness (QED) is 0.579. The summed E-state index contributed by atoms with van der Waals surface area (Å²) in [5, 5.41) is 23.7. The molecular formula is C18H19N5O2. The number of hydrogen-bond acceptors (Lipinski definition) is 5. The van der Waals surface area contributed by atoms with Crippen LogP contribution in [0.4, 0.5) is 0 Å². The van der Waals surface area contributed by atoms with Crippen LogP contribution in [0.2, 0.25) is 0 Å². The van der Waals surface area contributed by atoms with Crippen LogP contribution in [0.15, 0.2) is 30.3 Å². The molecule has 0 spiro atoms. The molecule has 2 aromatic heterocycles. The van der Waals surface area contributed by atoms with Crippen LogP contribution in [0.25, 0.3) is 22.3 Å². The number of aromatic nitrogens is 3. The van der Waals surface area contributed by atoms with E-state index in [0.717, 1.165) is 29.7 Å². The van der Waals surface area contributed by atoms with E-state index in [2.05, 4.69) is 25.8 Å². The minimum atomic E-state index is -0.116. The summed E-state index contributed by atoms with van der Waals surface area (Å²) in [6.07, 6.45) is 0.714. The number of benzene rings is 1. The third-order valence-corrected chi connectivity index (χ3v) is 4.46. The van der Waals surface area contributed by atoms with Crippen molar-refractivity contribution in [2.24, 2.45) is 0 Å². The van der Waals surface area contributed by atoms with Gasteiger partial charge in [-0.1, -0.05) is 6.92 Å². The fourth-order valence-electron chi connectivity index (χ4n) is 2.96. The molecule has 0 aliphatic carbocycles. The van der Waals surface area contributed by atoms with Gasteiger partial charge in [-0.2, -0.15) is 5.10 Å². The van der Waals surface area contributed by atoms with Crippen LogP contribution >= 0.6 is 0 Å². The van der Waals surface area contributed by atoms with E-state index in [-0.39, 0.29) is 17.7 Å². The second-order valence-electron chi connectivity index (χ2n) is 6.18. The molecule has 3 aromatic rings. The van der Waals surface area contributed by atoms with Crippen molar-refractivity contribution in [1.82, 2.24) is 25.8 Å². The van der Waals surface area contributed by atoms with Gasteiger partial charge in [0.1, 0.15) is 5.75 Å². The van der Waals surface area contributed by atoms with Crippen LogP contribution < -0.4 is 10.6 Å². The second kappa shape index (κ2) is 6.18. The summed E-state index contributed by atoms with van der Waals surface area (Å²) < 4.78 is 0. The number of fused-ring (bicyclic) bond motifs is 1. The number of aromatic hydroxyl groups is 1. The van der Waals surface area contributed by atoms with Gasteiger partial charge in [-0.15, -0.1) is 0 Å². The Bertz CT molecular complexity index is 929. The normalized spacial score (nSPS) is 14.4. The fraction of sp³-hybridized carbons (Fsp3) is 0.278. The highest BCUT2D eigenvalue weighted by Crippen LogP contribution is 2.27. The summed E-state index contributed by atoms with van der Waals surface area (Å²) in [5.74, 6) is 0.0742. The first kappa shape index (κ1) is 15.6. The van der Waals surface area contributed by atoms with Crippen molar-refractivity contribution in [3.63, 3.8) is 0 Å². The molecule has 0 saturated carbocycles. The van der Waals surface area contributed by atoms with Gasteiger partial charge in [-0.05, 0) is 36.8 Å². The highest BCUT2D eigenvalue weighted by Gasteiger charge is 2.23. The molecule has 25 heavy (non-hydrogen) atoms. The standard InChI is InChI=1S/C18H19N5O2/c1-2-14-16-13(18(25)20-11-8-19-9-11)7-15(21-17(16)23-22-14)10-3-5-12(24)6-4-10/h3-7,11,19,24H,2,8-9H2,1H3,(H,20,25)(H,21,22,23). The zero-order valence-corrected chi connectivity index (χ0v) is 13.8. The van der Waals surface area contributed by atoms with E-state index < -0.39 is 0 Å². The topological polar surface area (TPSA) is 103 Å². The molecule has 1 saturated heterocycles. The number of amides is 1. The van der Waals surface area contributed by atoms with Crippen LogP contribution in [0.3, 0.4) is 0 Å². The average molecular weight is 337 g/mol. The molecule has 1 fully saturated rings. The monoisotopic (exact) mass is 337 g/mol. The van der Waals surface area contributed by atoms with E-state index in [9.17, 15) is 9.90 Å². The number of hydrogen-bond donors (Lipinski definition) is 4. The molecule has 7 nitrogen and oxygen atoms in total. The molecule has 4 rings (SSSR count). The summed E-state index contributed by atoms with van der Waals surface area (Å²) in [6, 6.07) is 8.71. The van der Waals surface area contributed by atoms with Gasteiger partial charge in [0, 0.05) is 18.7 Å². The van der Waals surface area contributed by atoms with Crippen LogP contribution in [0.5, 0.6) is 5.75 Å². The van der Waals surface area contributed by atoms with Gasteiger partial charge in [0.2, 0.25) is 0 Å². The Kier molecular flexibility index (Phi) is 3.85. The first-order valence-corrected chi connectivity index (χ1v) is 8.34. The second-order valence-corrected chi connectivity index (χ2v) is 6.18. The van der Waals surface area contributed by atoms with Crippen LogP contribution in [0, 0.1) is 0 Å². The third kappa shape index (κ3) is 2.83. The molecule has 1 amide bonds. The Hall–Kier alpha value is -2.93. The number of phenolic OH excluding ortho intramolecular Hbond substituents is 1. The summed E-state index contributed by atoms with van der Waals surface area (Å²) in [6.45, 7) is 3.58. The largest absolute Gasteiger partial charge is 0.508 e. The maximum atomic E-state index is 12.8. The maximum absolute atomic E-state index is 12.8. The predicted octanol–water partition coefficient (Wildman–Crippen LogP) is 1.59. The van der Waals surface area contributed by atoms with Crippen LogP contribution in [0.1, 0.15) is 23.0 Å². The van der Waals surface area contributed by atoms with Crippen molar-refractivity contribution in [3.8, 4) is 17.0 Å². The Balaban J connectivity index is 1.83. The molecule has 1 aromatic carbocycles. The van der Waals surface area contributed by atoms with Gasteiger partial charge >= 0.3 is 0 Å². The van der Waals surface area contributed by atoms with Gasteiger partial charge in [0.25, 0.3) is 5.91 Å². The highest BCUT2D eigenvalue weighted by molar-refractivity contribution is 6.07. The Morgan fingerprint density at radius 3 is 2.72 bits per heavy atom. The molecule has 0 bridgehead atoms. The van der Waals surface area contributed by atoms with E-state index in [4.69, 9.17) is 0 Å². The number of carbonyl (C=O) groups excluding carboxylic acids is 1. The lowest BCUT2D eigenvalue weighted by atomic mass is 10.0. The van der Waals surface area contributed by atoms with Crippen molar-refractivity contribution in [2.75, 3.05) is 13.1 Å². The Labute approximate surface area is 144 Å². The smallest absolute Gasteiger partial charge is 0.252 e. The predicted molar refractivity (Wildman–Crippen MR) is 94.5 cm³/mol. The first-order valence-electron chi connectivity index (χ1n) is 8.34.